The number of nitrogens with one attached hydrogen (secondary N) is 1. The molecule has 0 unspecified atom stereocenters. The van der Waals surface area contributed by atoms with Gasteiger partial charge in [-0.15, -0.1) is 0 Å². The zero-order valence-corrected chi connectivity index (χ0v) is 19.0. The predicted octanol–water partition coefficient (Wildman–Crippen LogP) is 3.90. The maximum atomic E-state index is 13.5. The van der Waals surface area contributed by atoms with Gasteiger partial charge in [-0.3, -0.25) is 14.7 Å². The topological polar surface area (TPSA) is 91.4 Å². The van der Waals surface area contributed by atoms with Gasteiger partial charge >= 0.3 is 0 Å². The lowest BCUT2D eigenvalue weighted by molar-refractivity contribution is 0.0992. The summed E-state index contributed by atoms with van der Waals surface area (Å²) in [4.78, 5) is 19.6. The van der Waals surface area contributed by atoms with Gasteiger partial charge in [-0.25, -0.2) is 0 Å². The number of rotatable bonds is 8. The molecule has 2 heterocycles. The molecule has 9 heteroatoms. The second-order valence-corrected chi connectivity index (χ2v) is 7.11. The average Bonchev–Trinajstić information content (AvgIpc) is 3.14. The largest absolute Gasteiger partial charge is 0.497 e. The van der Waals surface area contributed by atoms with Crippen LogP contribution in [0.5, 0.6) is 28.7 Å². The molecule has 0 bridgehead atoms. The molecule has 4 rings (SSSR count). The van der Waals surface area contributed by atoms with Crippen molar-refractivity contribution in [1.29, 1.82) is 0 Å². The Hall–Kier alpha value is -4.14. The lowest BCUT2D eigenvalue weighted by Crippen LogP contribution is -2.32. The monoisotopic (exact) mass is 451 g/mol. The summed E-state index contributed by atoms with van der Waals surface area (Å²) in [5, 5.41) is 3.40. The Bertz CT molecular complexity index is 1160. The van der Waals surface area contributed by atoms with E-state index in [0.717, 1.165) is 0 Å². The molecule has 1 atom stereocenters. The molecule has 9 nitrogen and oxygen atoms in total. The molecule has 0 spiro atoms. The van der Waals surface area contributed by atoms with Crippen LogP contribution in [0.25, 0.3) is 0 Å². The van der Waals surface area contributed by atoms with E-state index in [1.54, 1.807) is 89.1 Å². The van der Waals surface area contributed by atoms with Gasteiger partial charge in [-0.1, -0.05) is 0 Å². The maximum absolute atomic E-state index is 13.5. The first kappa shape index (κ1) is 22.1. The Morgan fingerprint density at radius 3 is 2.15 bits per heavy atom. The molecule has 1 aliphatic rings. The molecule has 0 aliphatic carbocycles. The van der Waals surface area contributed by atoms with Crippen molar-refractivity contribution in [3.05, 3.63) is 59.9 Å². The highest BCUT2D eigenvalue weighted by molar-refractivity contribution is 6.11. The Kier molecular flexibility index (Phi) is 6.12. The van der Waals surface area contributed by atoms with E-state index < -0.39 is 6.17 Å². The van der Waals surface area contributed by atoms with Crippen molar-refractivity contribution in [2.75, 3.05) is 45.8 Å². The molecule has 1 aliphatic heterocycles. The van der Waals surface area contributed by atoms with Crippen LogP contribution in [0.1, 0.15) is 22.2 Å². The standard InChI is InChI=1S/C24H25N3O6/c1-29-15-8-9-18(30-2)17(13-15)27-23(21-16(24(27)28)7-6-10-25-21)26-14-11-19(31-3)22(33-5)20(12-14)32-4/h6-13,23,26H,1-5H3/t23-/m1/s1. The van der Waals surface area contributed by atoms with Gasteiger partial charge in [-0.2, -0.15) is 0 Å². The van der Waals surface area contributed by atoms with Crippen LogP contribution in [-0.2, 0) is 0 Å². The van der Waals surface area contributed by atoms with E-state index in [4.69, 9.17) is 23.7 Å². The third-order valence-corrected chi connectivity index (χ3v) is 5.42. The van der Waals surface area contributed by atoms with E-state index in [9.17, 15) is 4.79 Å². The summed E-state index contributed by atoms with van der Waals surface area (Å²) in [6, 6.07) is 12.3. The maximum Gasteiger partial charge on any atom is 0.262 e. The number of hydrogen-bond donors (Lipinski definition) is 1. The Morgan fingerprint density at radius 1 is 0.848 bits per heavy atom. The molecule has 1 aromatic heterocycles. The van der Waals surface area contributed by atoms with Crippen LogP contribution in [-0.4, -0.2) is 46.4 Å². The molecule has 3 aromatic rings. The summed E-state index contributed by atoms with van der Waals surface area (Å²) in [6.45, 7) is 0. The van der Waals surface area contributed by atoms with Crippen LogP contribution in [0.15, 0.2) is 48.7 Å². The zero-order valence-electron chi connectivity index (χ0n) is 19.0. The molecule has 1 amide bonds. The minimum absolute atomic E-state index is 0.213. The lowest BCUT2D eigenvalue weighted by Gasteiger charge is -2.28. The molecular weight excluding hydrogens is 426 g/mol. The number of hydrogen-bond acceptors (Lipinski definition) is 8. The van der Waals surface area contributed by atoms with Crippen LogP contribution in [0.2, 0.25) is 0 Å². The van der Waals surface area contributed by atoms with Gasteiger partial charge in [0.2, 0.25) is 5.75 Å². The van der Waals surface area contributed by atoms with Crippen LogP contribution >= 0.6 is 0 Å². The summed E-state index contributed by atoms with van der Waals surface area (Å²) >= 11 is 0. The van der Waals surface area contributed by atoms with Crippen LogP contribution in [0.4, 0.5) is 11.4 Å². The van der Waals surface area contributed by atoms with Gasteiger partial charge < -0.3 is 29.0 Å². The second kappa shape index (κ2) is 9.15. The van der Waals surface area contributed by atoms with Crippen molar-refractivity contribution in [3.8, 4) is 28.7 Å². The fourth-order valence-electron chi connectivity index (χ4n) is 3.87. The molecule has 33 heavy (non-hydrogen) atoms. The number of nitrogens with zero attached hydrogens (tertiary/aromatic N) is 2. The van der Waals surface area contributed by atoms with Gasteiger partial charge in [0, 0.05) is 30.1 Å². The van der Waals surface area contributed by atoms with Crippen molar-refractivity contribution < 1.29 is 28.5 Å². The number of anilines is 2. The van der Waals surface area contributed by atoms with E-state index in [-0.39, 0.29) is 5.91 Å². The van der Waals surface area contributed by atoms with Gasteiger partial charge in [0.25, 0.3) is 5.91 Å². The van der Waals surface area contributed by atoms with Crippen LogP contribution in [0.3, 0.4) is 0 Å². The smallest absolute Gasteiger partial charge is 0.262 e. The second-order valence-electron chi connectivity index (χ2n) is 7.11. The number of benzene rings is 2. The summed E-state index contributed by atoms with van der Waals surface area (Å²) in [6.07, 6.45) is 1.03. The Labute approximate surface area is 191 Å². The van der Waals surface area contributed by atoms with E-state index >= 15 is 0 Å². The van der Waals surface area contributed by atoms with E-state index in [1.807, 2.05) is 0 Å². The molecule has 0 radical (unpaired) electrons. The third-order valence-electron chi connectivity index (χ3n) is 5.42. The fraction of sp³-hybridized carbons (Fsp3) is 0.250. The molecule has 2 aromatic carbocycles. The highest BCUT2D eigenvalue weighted by Crippen LogP contribution is 2.45. The van der Waals surface area contributed by atoms with E-state index in [2.05, 4.69) is 10.3 Å². The first-order valence-electron chi connectivity index (χ1n) is 10.1. The van der Waals surface area contributed by atoms with E-state index in [1.165, 1.54) is 0 Å². The van der Waals surface area contributed by atoms with Gasteiger partial charge in [-0.05, 0) is 24.3 Å². The summed E-state index contributed by atoms with van der Waals surface area (Å²) < 4.78 is 27.3. The summed E-state index contributed by atoms with van der Waals surface area (Å²) in [7, 11) is 7.76. The van der Waals surface area contributed by atoms with Crippen molar-refractivity contribution in [1.82, 2.24) is 4.98 Å². The lowest BCUT2D eigenvalue weighted by atomic mass is 10.2. The van der Waals surface area contributed by atoms with E-state index in [0.29, 0.717) is 51.4 Å². The number of ether oxygens (including phenoxy) is 5. The Balaban J connectivity index is 1.84. The highest BCUT2D eigenvalue weighted by Gasteiger charge is 2.40. The first-order chi connectivity index (χ1) is 16.1. The normalized spacial score (nSPS) is 14.5. The highest BCUT2D eigenvalue weighted by atomic mass is 16.5. The first-order valence-corrected chi connectivity index (χ1v) is 10.1. The minimum Gasteiger partial charge on any atom is -0.497 e. The quantitative estimate of drug-likeness (QED) is 0.552. The molecule has 1 N–H and O–H groups in total. The molecule has 0 fully saturated rings. The van der Waals surface area contributed by atoms with Gasteiger partial charge in [0.1, 0.15) is 11.5 Å². The number of fused-ring (bicyclic) bond motifs is 1. The van der Waals surface area contributed by atoms with Crippen LogP contribution in [0, 0.1) is 0 Å². The summed E-state index contributed by atoms with van der Waals surface area (Å²) in [5.74, 6) is 2.33. The van der Waals surface area contributed by atoms with Crippen molar-refractivity contribution in [2.45, 2.75) is 6.17 Å². The number of pyridine rings is 1. The number of carbonyl (C=O) groups excluding carboxylic acids is 1. The van der Waals surface area contributed by atoms with Gasteiger partial charge in [0.05, 0.1) is 52.5 Å². The molecule has 0 saturated carbocycles. The van der Waals surface area contributed by atoms with Crippen molar-refractivity contribution in [3.63, 3.8) is 0 Å². The zero-order chi connectivity index (χ0) is 23.5. The van der Waals surface area contributed by atoms with Crippen LogP contribution < -0.4 is 33.9 Å². The molecule has 172 valence electrons. The third kappa shape index (κ3) is 3.82. The van der Waals surface area contributed by atoms with Crippen molar-refractivity contribution in [2.24, 2.45) is 0 Å². The number of amides is 1. The average molecular weight is 451 g/mol. The number of methoxy groups -OCH3 is 5. The number of aromatic nitrogens is 1. The minimum atomic E-state index is -0.627. The fourth-order valence-corrected chi connectivity index (χ4v) is 3.87. The number of carbonyl (C=O) groups is 1. The van der Waals surface area contributed by atoms with Crippen molar-refractivity contribution >= 4 is 17.3 Å². The predicted molar refractivity (Wildman–Crippen MR) is 123 cm³/mol. The SMILES string of the molecule is COc1ccc(OC)c(N2C(=O)c3cccnc3[C@@H]2Nc2cc(OC)c(OC)c(OC)c2)c1. The Morgan fingerprint density at radius 2 is 1.55 bits per heavy atom. The molecular formula is C24H25N3O6. The molecule has 0 saturated heterocycles. The summed E-state index contributed by atoms with van der Waals surface area (Å²) in [5.41, 5.74) is 2.27. The van der Waals surface area contributed by atoms with Gasteiger partial charge in [0.15, 0.2) is 17.7 Å².